The number of fused-ring (bicyclic) bond motifs is 1. The first-order valence-electron chi connectivity index (χ1n) is 10.9. The molecule has 6 heteroatoms. The van der Waals surface area contributed by atoms with Crippen molar-refractivity contribution in [1.82, 2.24) is 19.9 Å². The summed E-state index contributed by atoms with van der Waals surface area (Å²) in [6.07, 6.45) is 12.0. The predicted molar refractivity (Wildman–Crippen MR) is 115 cm³/mol. The predicted octanol–water partition coefficient (Wildman–Crippen LogP) is 4.01. The number of carbonyl (C=O) groups excluding carboxylic acids is 1. The highest BCUT2D eigenvalue weighted by Gasteiger charge is 2.39. The molecule has 1 N–H and O–H groups in total. The lowest BCUT2D eigenvalue weighted by Crippen LogP contribution is -2.44. The van der Waals surface area contributed by atoms with Crippen molar-refractivity contribution in [3.8, 4) is 11.5 Å². The lowest BCUT2D eigenvalue weighted by atomic mass is 9.98. The normalized spacial score (nSPS) is 19.7. The highest BCUT2D eigenvalue weighted by atomic mass is 16.2. The van der Waals surface area contributed by atoms with E-state index in [4.69, 9.17) is 0 Å². The van der Waals surface area contributed by atoms with Gasteiger partial charge in [0.15, 0.2) is 5.82 Å². The zero-order chi connectivity index (χ0) is 20.3. The van der Waals surface area contributed by atoms with Crippen LogP contribution >= 0.6 is 0 Å². The monoisotopic (exact) mass is 393 g/mol. The lowest BCUT2D eigenvalue weighted by molar-refractivity contribution is -0.132. The first-order valence-corrected chi connectivity index (χ1v) is 10.9. The van der Waals surface area contributed by atoms with Crippen molar-refractivity contribution in [2.75, 3.05) is 18.9 Å². The number of likely N-dealkylation sites (tertiary alicyclic amines) is 1. The van der Waals surface area contributed by atoms with Crippen LogP contribution in [0.25, 0.3) is 11.5 Å². The second-order valence-electron chi connectivity index (χ2n) is 8.49. The molecule has 2 fully saturated rings. The summed E-state index contributed by atoms with van der Waals surface area (Å²) in [4.78, 5) is 27.1. The molecular formula is C23H31N5O. The maximum Gasteiger partial charge on any atom is 0.223 e. The van der Waals surface area contributed by atoms with Crippen LogP contribution in [0.15, 0.2) is 24.4 Å². The minimum atomic E-state index is 0.230. The van der Waals surface area contributed by atoms with Gasteiger partial charge in [-0.15, -0.1) is 0 Å². The van der Waals surface area contributed by atoms with Gasteiger partial charge in [0.1, 0.15) is 11.5 Å². The Bertz CT molecular complexity index is 861. The van der Waals surface area contributed by atoms with Gasteiger partial charge in [-0.25, -0.2) is 9.97 Å². The smallest absolute Gasteiger partial charge is 0.223 e. The van der Waals surface area contributed by atoms with Crippen molar-refractivity contribution in [2.24, 2.45) is 0 Å². The van der Waals surface area contributed by atoms with E-state index in [0.29, 0.717) is 5.91 Å². The van der Waals surface area contributed by atoms with Gasteiger partial charge < -0.3 is 10.2 Å². The minimum Gasteiger partial charge on any atom is -0.373 e. The number of pyridine rings is 1. The van der Waals surface area contributed by atoms with E-state index >= 15 is 0 Å². The van der Waals surface area contributed by atoms with Crippen molar-refractivity contribution in [3.63, 3.8) is 0 Å². The van der Waals surface area contributed by atoms with E-state index in [1.807, 2.05) is 25.2 Å². The molecule has 2 aromatic rings. The number of hydrogen-bond acceptors (Lipinski definition) is 5. The highest BCUT2D eigenvalue weighted by molar-refractivity contribution is 5.79. The lowest BCUT2D eigenvalue weighted by Gasteiger charge is -2.35. The summed E-state index contributed by atoms with van der Waals surface area (Å²) in [5.74, 6) is 2.06. The van der Waals surface area contributed by atoms with Crippen LogP contribution in [0.4, 0.5) is 5.82 Å². The molecule has 1 saturated carbocycles. The van der Waals surface area contributed by atoms with E-state index in [0.717, 1.165) is 49.6 Å². The van der Waals surface area contributed by atoms with Crippen LogP contribution in [0.3, 0.4) is 0 Å². The van der Waals surface area contributed by atoms with Gasteiger partial charge in [-0.1, -0.05) is 18.9 Å². The third kappa shape index (κ3) is 4.11. The average molecular weight is 394 g/mol. The van der Waals surface area contributed by atoms with Gasteiger partial charge in [0.05, 0.1) is 0 Å². The summed E-state index contributed by atoms with van der Waals surface area (Å²) in [6, 6.07) is 5.80. The molecule has 1 amide bonds. The van der Waals surface area contributed by atoms with Crippen LogP contribution in [-0.2, 0) is 17.6 Å². The van der Waals surface area contributed by atoms with Crippen LogP contribution in [0.1, 0.15) is 63.1 Å². The molecule has 3 aliphatic rings. The Kier molecular flexibility index (Phi) is 5.79. The number of aromatic nitrogens is 3. The van der Waals surface area contributed by atoms with Gasteiger partial charge in [-0.2, -0.15) is 0 Å². The summed E-state index contributed by atoms with van der Waals surface area (Å²) >= 11 is 0. The fourth-order valence-corrected chi connectivity index (χ4v) is 4.87. The second-order valence-corrected chi connectivity index (χ2v) is 8.49. The number of aryl methyl sites for hydroxylation is 1. The molecule has 5 rings (SSSR count). The molecule has 2 aliphatic carbocycles. The Balaban J connectivity index is 0.000000150. The molecule has 0 aromatic carbocycles. The largest absolute Gasteiger partial charge is 0.373 e. The molecule has 0 radical (unpaired) electrons. The Hall–Kier alpha value is -2.50. The van der Waals surface area contributed by atoms with Gasteiger partial charge in [0.2, 0.25) is 5.91 Å². The summed E-state index contributed by atoms with van der Waals surface area (Å²) in [5.41, 5.74) is 3.50. The van der Waals surface area contributed by atoms with Crippen LogP contribution < -0.4 is 5.32 Å². The molecule has 6 nitrogen and oxygen atoms in total. The molecule has 1 aliphatic heterocycles. The number of rotatable bonds is 3. The highest BCUT2D eigenvalue weighted by Crippen LogP contribution is 2.37. The van der Waals surface area contributed by atoms with Crippen molar-refractivity contribution < 1.29 is 4.79 Å². The van der Waals surface area contributed by atoms with Crippen LogP contribution in [0.5, 0.6) is 0 Å². The zero-order valence-corrected chi connectivity index (χ0v) is 17.6. The number of hydrogen-bond donors (Lipinski definition) is 1. The minimum absolute atomic E-state index is 0.230. The van der Waals surface area contributed by atoms with Crippen molar-refractivity contribution in [3.05, 3.63) is 35.7 Å². The van der Waals surface area contributed by atoms with E-state index in [2.05, 4.69) is 32.1 Å². The average Bonchev–Trinajstić information content (AvgIpc) is 3.49. The molecule has 2 aromatic heterocycles. The van der Waals surface area contributed by atoms with Crippen LogP contribution in [0.2, 0.25) is 0 Å². The maximum atomic E-state index is 11.5. The van der Waals surface area contributed by atoms with Gasteiger partial charge in [0, 0.05) is 43.0 Å². The summed E-state index contributed by atoms with van der Waals surface area (Å²) in [6.45, 7) is 3.26. The van der Waals surface area contributed by atoms with Gasteiger partial charge >= 0.3 is 0 Å². The molecule has 29 heavy (non-hydrogen) atoms. The SMILES string of the molecule is CC1(N2CCCC2=O)CCCC1.CNc1nc(-c2ccccn2)nc2c1CCC2. The van der Waals surface area contributed by atoms with Crippen LogP contribution in [0, 0.1) is 0 Å². The standard InChI is InChI=1S/C13H14N4.C10H17NO/c1-14-12-9-5-4-7-10(9)16-13(17-12)11-6-2-3-8-15-11;1-10(6-2-3-7-10)11-8-4-5-9(11)12/h2-3,6,8H,4-5,7H2,1H3,(H,14,16,17);2-8H2,1H3. The maximum absolute atomic E-state index is 11.5. The van der Waals surface area contributed by atoms with Crippen LogP contribution in [-0.4, -0.2) is 44.9 Å². The van der Waals surface area contributed by atoms with Crippen molar-refractivity contribution in [1.29, 1.82) is 0 Å². The summed E-state index contributed by atoms with van der Waals surface area (Å²) in [5, 5.41) is 3.16. The number of amides is 1. The number of anilines is 1. The fraction of sp³-hybridized carbons (Fsp3) is 0.565. The van der Waals surface area contributed by atoms with E-state index in [1.165, 1.54) is 43.4 Å². The summed E-state index contributed by atoms with van der Waals surface area (Å²) in [7, 11) is 1.91. The molecule has 0 unspecified atom stereocenters. The molecule has 0 spiro atoms. The third-order valence-corrected chi connectivity index (χ3v) is 6.47. The molecule has 1 saturated heterocycles. The Morgan fingerprint density at radius 2 is 1.86 bits per heavy atom. The van der Waals surface area contributed by atoms with E-state index < -0.39 is 0 Å². The Labute approximate surface area is 173 Å². The molecular weight excluding hydrogens is 362 g/mol. The Morgan fingerprint density at radius 1 is 1.03 bits per heavy atom. The van der Waals surface area contributed by atoms with Crippen molar-refractivity contribution >= 4 is 11.7 Å². The van der Waals surface area contributed by atoms with E-state index in [9.17, 15) is 4.79 Å². The summed E-state index contributed by atoms with van der Waals surface area (Å²) < 4.78 is 0. The number of nitrogens with one attached hydrogen (secondary N) is 1. The first-order chi connectivity index (χ1) is 14.1. The quantitative estimate of drug-likeness (QED) is 0.853. The fourth-order valence-electron chi connectivity index (χ4n) is 4.87. The van der Waals surface area contributed by atoms with Gasteiger partial charge in [-0.3, -0.25) is 9.78 Å². The van der Waals surface area contributed by atoms with Crippen molar-refractivity contribution in [2.45, 2.75) is 70.3 Å². The molecule has 154 valence electrons. The third-order valence-electron chi connectivity index (χ3n) is 6.47. The zero-order valence-electron chi connectivity index (χ0n) is 17.6. The van der Waals surface area contributed by atoms with E-state index in [1.54, 1.807) is 6.20 Å². The Morgan fingerprint density at radius 3 is 2.52 bits per heavy atom. The molecule has 0 atom stereocenters. The molecule has 3 heterocycles. The van der Waals surface area contributed by atoms with E-state index in [-0.39, 0.29) is 5.54 Å². The number of nitrogens with zero attached hydrogens (tertiary/aromatic N) is 4. The van der Waals surface area contributed by atoms with Gasteiger partial charge in [-0.05, 0) is 57.6 Å². The second kappa shape index (κ2) is 8.47. The topological polar surface area (TPSA) is 71.0 Å². The molecule has 0 bridgehead atoms. The van der Waals surface area contributed by atoms with Gasteiger partial charge in [0.25, 0.3) is 0 Å². The first kappa shape index (κ1) is 19.8. The number of carbonyl (C=O) groups is 1.